The number of benzene rings is 1. The summed E-state index contributed by atoms with van der Waals surface area (Å²) in [6.45, 7) is 4.46. The van der Waals surface area contributed by atoms with Gasteiger partial charge in [-0.15, -0.1) is 0 Å². The van der Waals surface area contributed by atoms with Gasteiger partial charge in [0.25, 0.3) is 0 Å². The number of rotatable bonds is 4. The molecular formula is C15H24N2O. The molecule has 1 aliphatic rings. The van der Waals surface area contributed by atoms with Crippen LogP contribution >= 0.6 is 0 Å². The summed E-state index contributed by atoms with van der Waals surface area (Å²) in [5.74, 6) is 8.10. The van der Waals surface area contributed by atoms with Gasteiger partial charge in [-0.1, -0.05) is 25.8 Å². The smallest absolute Gasteiger partial charge is 0.119 e. The molecule has 3 N–H and O–H groups in total. The molecule has 1 aliphatic carbocycles. The minimum atomic E-state index is 0.258. The molecular weight excluding hydrogens is 224 g/mol. The van der Waals surface area contributed by atoms with Crippen LogP contribution in [-0.2, 0) is 0 Å². The Morgan fingerprint density at radius 1 is 1.39 bits per heavy atom. The second-order valence-corrected chi connectivity index (χ2v) is 5.44. The minimum Gasteiger partial charge on any atom is -0.497 e. The summed E-state index contributed by atoms with van der Waals surface area (Å²) in [5.41, 5.74) is 5.58. The fourth-order valence-electron chi connectivity index (χ4n) is 3.24. The van der Waals surface area contributed by atoms with Crippen LogP contribution in [-0.4, -0.2) is 7.11 Å². The third kappa shape index (κ3) is 2.52. The van der Waals surface area contributed by atoms with Crippen LogP contribution in [0.3, 0.4) is 0 Å². The molecule has 0 spiro atoms. The fourth-order valence-corrected chi connectivity index (χ4v) is 3.24. The molecule has 1 saturated carbocycles. The van der Waals surface area contributed by atoms with E-state index in [0.717, 1.165) is 11.7 Å². The van der Waals surface area contributed by atoms with Crippen molar-refractivity contribution in [3.63, 3.8) is 0 Å². The zero-order valence-electron chi connectivity index (χ0n) is 11.6. The van der Waals surface area contributed by atoms with E-state index < -0.39 is 0 Å². The molecule has 0 radical (unpaired) electrons. The number of hydrazine groups is 1. The molecule has 0 aromatic heterocycles. The second-order valence-electron chi connectivity index (χ2n) is 5.44. The number of nitrogens with two attached hydrogens (primary N) is 1. The molecule has 3 heteroatoms. The van der Waals surface area contributed by atoms with Gasteiger partial charge in [0.1, 0.15) is 5.75 Å². The van der Waals surface area contributed by atoms with E-state index in [1.807, 2.05) is 6.07 Å². The van der Waals surface area contributed by atoms with Crippen LogP contribution in [0.15, 0.2) is 18.2 Å². The first-order valence-electron chi connectivity index (χ1n) is 6.78. The zero-order valence-corrected chi connectivity index (χ0v) is 11.6. The number of methoxy groups -OCH3 is 1. The lowest BCUT2D eigenvalue weighted by Crippen LogP contribution is -2.35. The first-order chi connectivity index (χ1) is 8.67. The Labute approximate surface area is 110 Å². The van der Waals surface area contributed by atoms with E-state index in [4.69, 9.17) is 10.6 Å². The van der Waals surface area contributed by atoms with Crippen molar-refractivity contribution in [1.82, 2.24) is 5.43 Å². The third-order valence-corrected chi connectivity index (χ3v) is 4.35. The first kappa shape index (κ1) is 13.4. The molecule has 0 aliphatic heterocycles. The van der Waals surface area contributed by atoms with Crippen LogP contribution in [0.1, 0.15) is 43.4 Å². The highest BCUT2D eigenvalue weighted by Crippen LogP contribution is 2.40. The Morgan fingerprint density at radius 2 is 2.17 bits per heavy atom. The Kier molecular flexibility index (Phi) is 4.25. The van der Waals surface area contributed by atoms with Gasteiger partial charge in [-0.05, 0) is 48.4 Å². The molecule has 3 unspecified atom stereocenters. The number of ether oxygens (including phenoxy) is 1. The first-order valence-corrected chi connectivity index (χ1v) is 6.78. The summed E-state index contributed by atoms with van der Waals surface area (Å²) in [5, 5.41) is 0. The van der Waals surface area contributed by atoms with Crippen LogP contribution < -0.4 is 16.0 Å². The summed E-state index contributed by atoms with van der Waals surface area (Å²) in [7, 11) is 1.70. The van der Waals surface area contributed by atoms with E-state index in [1.165, 1.54) is 30.4 Å². The largest absolute Gasteiger partial charge is 0.497 e. The fraction of sp³-hybridized carbons (Fsp3) is 0.600. The Morgan fingerprint density at radius 3 is 2.67 bits per heavy atom. The lowest BCUT2D eigenvalue weighted by molar-refractivity contribution is 0.303. The predicted molar refractivity (Wildman–Crippen MR) is 74.3 cm³/mol. The summed E-state index contributed by atoms with van der Waals surface area (Å²) < 4.78 is 5.26. The van der Waals surface area contributed by atoms with Crippen molar-refractivity contribution in [1.29, 1.82) is 0 Å². The number of hydrogen-bond acceptors (Lipinski definition) is 3. The number of nitrogens with one attached hydrogen (secondary N) is 1. The van der Waals surface area contributed by atoms with E-state index in [-0.39, 0.29) is 6.04 Å². The minimum absolute atomic E-state index is 0.258. The highest BCUT2D eigenvalue weighted by atomic mass is 16.5. The van der Waals surface area contributed by atoms with Crippen LogP contribution in [0, 0.1) is 18.8 Å². The maximum Gasteiger partial charge on any atom is 0.119 e. The van der Waals surface area contributed by atoms with Gasteiger partial charge >= 0.3 is 0 Å². The van der Waals surface area contributed by atoms with E-state index >= 15 is 0 Å². The van der Waals surface area contributed by atoms with E-state index in [9.17, 15) is 0 Å². The molecule has 0 heterocycles. The maximum absolute atomic E-state index is 5.81. The summed E-state index contributed by atoms with van der Waals surface area (Å²) in [6.07, 6.45) is 3.90. The Hall–Kier alpha value is -1.06. The van der Waals surface area contributed by atoms with Crippen molar-refractivity contribution < 1.29 is 4.74 Å². The zero-order chi connectivity index (χ0) is 13.1. The second kappa shape index (κ2) is 5.72. The third-order valence-electron chi connectivity index (χ3n) is 4.35. The van der Waals surface area contributed by atoms with Crippen molar-refractivity contribution in [2.24, 2.45) is 17.7 Å². The van der Waals surface area contributed by atoms with Crippen molar-refractivity contribution in [3.8, 4) is 5.75 Å². The molecule has 2 rings (SSSR count). The van der Waals surface area contributed by atoms with Crippen molar-refractivity contribution in [3.05, 3.63) is 29.3 Å². The van der Waals surface area contributed by atoms with Gasteiger partial charge in [-0.3, -0.25) is 11.3 Å². The lowest BCUT2D eigenvalue weighted by Gasteiger charge is -2.28. The summed E-state index contributed by atoms with van der Waals surface area (Å²) >= 11 is 0. The van der Waals surface area contributed by atoms with E-state index in [0.29, 0.717) is 5.92 Å². The summed E-state index contributed by atoms with van der Waals surface area (Å²) in [6, 6.07) is 6.50. The topological polar surface area (TPSA) is 47.3 Å². The molecule has 1 aromatic rings. The van der Waals surface area contributed by atoms with Gasteiger partial charge in [-0.25, -0.2) is 0 Å². The highest BCUT2D eigenvalue weighted by Gasteiger charge is 2.31. The number of aryl methyl sites for hydroxylation is 1. The maximum atomic E-state index is 5.81. The molecule has 0 saturated heterocycles. The SMILES string of the molecule is COc1ccc(C(NN)C2CCCC2C)c(C)c1. The van der Waals surface area contributed by atoms with Crippen molar-refractivity contribution in [2.75, 3.05) is 7.11 Å². The predicted octanol–water partition coefficient (Wildman–Crippen LogP) is 2.94. The standard InChI is InChI=1S/C15H24N2O/c1-10-5-4-6-13(10)15(17-16)14-8-7-12(18-3)9-11(14)2/h7-10,13,15,17H,4-6,16H2,1-3H3. The average Bonchev–Trinajstić information content (AvgIpc) is 2.78. The van der Waals surface area contributed by atoms with E-state index in [1.54, 1.807) is 7.11 Å². The molecule has 0 bridgehead atoms. The highest BCUT2D eigenvalue weighted by molar-refractivity contribution is 5.37. The lowest BCUT2D eigenvalue weighted by atomic mass is 9.84. The normalized spacial score (nSPS) is 25.1. The summed E-state index contributed by atoms with van der Waals surface area (Å²) in [4.78, 5) is 0. The quantitative estimate of drug-likeness (QED) is 0.636. The van der Waals surface area contributed by atoms with Gasteiger partial charge in [-0.2, -0.15) is 0 Å². The van der Waals surface area contributed by atoms with Crippen molar-refractivity contribution >= 4 is 0 Å². The Balaban J connectivity index is 2.27. The molecule has 1 aromatic carbocycles. The van der Waals surface area contributed by atoms with Crippen LogP contribution in [0.5, 0.6) is 5.75 Å². The molecule has 100 valence electrons. The van der Waals surface area contributed by atoms with Gasteiger partial charge in [0.2, 0.25) is 0 Å². The monoisotopic (exact) mass is 248 g/mol. The van der Waals surface area contributed by atoms with Gasteiger partial charge in [0.05, 0.1) is 7.11 Å². The molecule has 18 heavy (non-hydrogen) atoms. The van der Waals surface area contributed by atoms with Crippen molar-refractivity contribution in [2.45, 2.75) is 39.2 Å². The van der Waals surface area contributed by atoms with E-state index in [2.05, 4.69) is 31.4 Å². The van der Waals surface area contributed by atoms with Crippen LogP contribution in [0.4, 0.5) is 0 Å². The molecule has 1 fully saturated rings. The Bertz CT molecular complexity index is 405. The van der Waals surface area contributed by atoms with Gasteiger partial charge < -0.3 is 4.74 Å². The molecule has 0 amide bonds. The van der Waals surface area contributed by atoms with Gasteiger partial charge in [0, 0.05) is 6.04 Å². The van der Waals surface area contributed by atoms with Gasteiger partial charge in [0.15, 0.2) is 0 Å². The molecule has 3 atom stereocenters. The average molecular weight is 248 g/mol. The van der Waals surface area contributed by atoms with Crippen LogP contribution in [0.2, 0.25) is 0 Å². The molecule has 3 nitrogen and oxygen atoms in total. The number of hydrogen-bond donors (Lipinski definition) is 2. The van der Waals surface area contributed by atoms with Crippen LogP contribution in [0.25, 0.3) is 0 Å².